The predicted molar refractivity (Wildman–Crippen MR) is 90.1 cm³/mol. The monoisotopic (exact) mass is 299 g/mol. The molecular formula is C18H25N3O. The van der Waals surface area contributed by atoms with E-state index in [1.807, 2.05) is 26.0 Å². The van der Waals surface area contributed by atoms with Crippen LogP contribution in [0.4, 0.5) is 0 Å². The van der Waals surface area contributed by atoms with Gasteiger partial charge in [-0.3, -0.25) is 4.79 Å². The summed E-state index contributed by atoms with van der Waals surface area (Å²) in [5, 5.41) is 4.37. The SMILES string of the molecule is Cc1ccc(C)c(C(N)c2cc(C(C)(C)C)nn(C)c2=O)c1. The Hall–Kier alpha value is -1.94. The van der Waals surface area contributed by atoms with Gasteiger partial charge in [-0.2, -0.15) is 5.10 Å². The van der Waals surface area contributed by atoms with Crippen molar-refractivity contribution in [1.82, 2.24) is 9.78 Å². The van der Waals surface area contributed by atoms with Crippen LogP contribution >= 0.6 is 0 Å². The Labute approximate surface area is 132 Å². The number of nitrogens with two attached hydrogens (primary N) is 1. The minimum atomic E-state index is -0.442. The zero-order valence-electron chi connectivity index (χ0n) is 14.3. The van der Waals surface area contributed by atoms with Crippen molar-refractivity contribution in [3.05, 3.63) is 62.6 Å². The smallest absolute Gasteiger partial charge is 0.271 e. The second-order valence-electron chi connectivity index (χ2n) is 7.00. The van der Waals surface area contributed by atoms with Gasteiger partial charge < -0.3 is 5.73 Å². The van der Waals surface area contributed by atoms with Crippen LogP contribution in [-0.2, 0) is 12.5 Å². The molecule has 2 aromatic rings. The molecule has 0 aliphatic rings. The van der Waals surface area contributed by atoms with Gasteiger partial charge in [0.2, 0.25) is 0 Å². The van der Waals surface area contributed by atoms with Crippen molar-refractivity contribution in [1.29, 1.82) is 0 Å². The van der Waals surface area contributed by atoms with E-state index in [1.54, 1.807) is 7.05 Å². The van der Waals surface area contributed by atoms with E-state index in [9.17, 15) is 4.79 Å². The Morgan fingerprint density at radius 2 is 1.77 bits per heavy atom. The Bertz CT molecular complexity index is 754. The summed E-state index contributed by atoms with van der Waals surface area (Å²) in [6.45, 7) is 10.3. The van der Waals surface area contributed by atoms with E-state index in [0.29, 0.717) is 5.56 Å². The van der Waals surface area contributed by atoms with Gasteiger partial charge in [0.1, 0.15) is 0 Å². The van der Waals surface area contributed by atoms with Crippen LogP contribution in [0.3, 0.4) is 0 Å². The lowest BCUT2D eigenvalue weighted by Crippen LogP contribution is -2.32. The molecule has 0 fully saturated rings. The van der Waals surface area contributed by atoms with E-state index in [0.717, 1.165) is 22.4 Å². The van der Waals surface area contributed by atoms with Crippen molar-refractivity contribution >= 4 is 0 Å². The molecule has 22 heavy (non-hydrogen) atoms. The Kier molecular flexibility index (Phi) is 4.25. The number of hydrogen-bond donors (Lipinski definition) is 1. The normalized spacial score (nSPS) is 13.2. The lowest BCUT2D eigenvalue weighted by Gasteiger charge is -2.22. The van der Waals surface area contributed by atoms with Gasteiger partial charge in [0.15, 0.2) is 0 Å². The minimum Gasteiger partial charge on any atom is -0.320 e. The first-order valence-corrected chi connectivity index (χ1v) is 7.52. The van der Waals surface area contributed by atoms with Gasteiger partial charge in [-0.25, -0.2) is 4.68 Å². The lowest BCUT2D eigenvalue weighted by atomic mass is 9.89. The third kappa shape index (κ3) is 3.12. The summed E-state index contributed by atoms with van der Waals surface area (Å²) >= 11 is 0. The summed E-state index contributed by atoms with van der Waals surface area (Å²) in [4.78, 5) is 12.5. The number of hydrogen-bond acceptors (Lipinski definition) is 3. The van der Waals surface area contributed by atoms with Crippen LogP contribution in [-0.4, -0.2) is 9.78 Å². The molecular weight excluding hydrogens is 274 g/mol. The van der Waals surface area contributed by atoms with E-state index >= 15 is 0 Å². The Morgan fingerprint density at radius 1 is 1.14 bits per heavy atom. The standard InChI is InChI=1S/C18H25N3O/c1-11-7-8-12(2)13(9-11)16(19)14-10-15(18(3,4)5)20-21(6)17(14)22/h7-10,16H,19H2,1-6H3. The van der Waals surface area contributed by atoms with Crippen molar-refractivity contribution in [3.8, 4) is 0 Å². The van der Waals surface area contributed by atoms with Crippen molar-refractivity contribution < 1.29 is 0 Å². The maximum atomic E-state index is 12.5. The molecule has 1 atom stereocenters. The van der Waals surface area contributed by atoms with Gasteiger partial charge in [0, 0.05) is 18.0 Å². The summed E-state index contributed by atoms with van der Waals surface area (Å²) in [5.41, 5.74) is 10.8. The Balaban J connectivity index is 2.63. The van der Waals surface area contributed by atoms with E-state index in [-0.39, 0.29) is 11.0 Å². The predicted octanol–water partition coefficient (Wildman–Crippen LogP) is 2.74. The molecule has 0 saturated carbocycles. The molecule has 4 nitrogen and oxygen atoms in total. The first kappa shape index (κ1) is 16.4. The average Bonchev–Trinajstić information content (AvgIpc) is 2.42. The number of nitrogens with zero attached hydrogens (tertiary/aromatic N) is 2. The van der Waals surface area contributed by atoms with Gasteiger partial charge in [-0.1, -0.05) is 44.5 Å². The summed E-state index contributed by atoms with van der Waals surface area (Å²) in [6, 6.07) is 7.56. The largest absolute Gasteiger partial charge is 0.320 e. The first-order valence-electron chi connectivity index (χ1n) is 7.52. The molecule has 118 valence electrons. The molecule has 0 amide bonds. The third-order valence-electron chi connectivity index (χ3n) is 3.96. The van der Waals surface area contributed by atoms with E-state index in [2.05, 4.69) is 38.0 Å². The van der Waals surface area contributed by atoms with Crippen LogP contribution in [0.15, 0.2) is 29.1 Å². The number of rotatable bonds is 2. The zero-order valence-corrected chi connectivity index (χ0v) is 14.3. The molecule has 1 aromatic heterocycles. The molecule has 4 heteroatoms. The minimum absolute atomic E-state index is 0.137. The maximum absolute atomic E-state index is 12.5. The highest BCUT2D eigenvalue weighted by molar-refractivity contribution is 5.38. The molecule has 2 rings (SSSR count). The number of aryl methyl sites for hydroxylation is 3. The van der Waals surface area contributed by atoms with Crippen LogP contribution in [0.25, 0.3) is 0 Å². The number of benzene rings is 1. The van der Waals surface area contributed by atoms with Gasteiger partial charge in [0.05, 0.1) is 11.7 Å². The second-order valence-corrected chi connectivity index (χ2v) is 7.00. The molecule has 2 N–H and O–H groups in total. The van der Waals surface area contributed by atoms with Crippen molar-refractivity contribution in [2.45, 2.75) is 46.1 Å². The topological polar surface area (TPSA) is 60.9 Å². The van der Waals surface area contributed by atoms with Crippen LogP contribution < -0.4 is 11.3 Å². The highest BCUT2D eigenvalue weighted by Gasteiger charge is 2.22. The third-order valence-corrected chi connectivity index (χ3v) is 3.96. The Morgan fingerprint density at radius 3 is 2.36 bits per heavy atom. The average molecular weight is 299 g/mol. The summed E-state index contributed by atoms with van der Waals surface area (Å²) in [7, 11) is 1.68. The fourth-order valence-electron chi connectivity index (χ4n) is 2.48. The van der Waals surface area contributed by atoms with Crippen molar-refractivity contribution in [2.24, 2.45) is 12.8 Å². The molecule has 0 radical (unpaired) electrons. The summed E-state index contributed by atoms with van der Waals surface area (Å²) in [6.07, 6.45) is 0. The van der Waals surface area contributed by atoms with Crippen molar-refractivity contribution in [2.75, 3.05) is 0 Å². The zero-order chi connectivity index (χ0) is 16.7. The lowest BCUT2D eigenvalue weighted by molar-refractivity contribution is 0.525. The van der Waals surface area contributed by atoms with Crippen molar-refractivity contribution in [3.63, 3.8) is 0 Å². The molecule has 0 aliphatic heterocycles. The fraction of sp³-hybridized carbons (Fsp3) is 0.444. The molecule has 0 bridgehead atoms. The fourth-order valence-corrected chi connectivity index (χ4v) is 2.48. The molecule has 1 aromatic carbocycles. The van der Waals surface area contributed by atoms with Crippen LogP contribution in [0.2, 0.25) is 0 Å². The number of aromatic nitrogens is 2. The van der Waals surface area contributed by atoms with Crippen LogP contribution in [0.1, 0.15) is 54.8 Å². The van der Waals surface area contributed by atoms with Crippen LogP contribution in [0, 0.1) is 13.8 Å². The van der Waals surface area contributed by atoms with E-state index < -0.39 is 6.04 Å². The van der Waals surface area contributed by atoms with E-state index in [4.69, 9.17) is 5.73 Å². The highest BCUT2D eigenvalue weighted by Crippen LogP contribution is 2.25. The van der Waals surface area contributed by atoms with Gasteiger partial charge in [-0.05, 0) is 31.0 Å². The molecule has 0 saturated heterocycles. The van der Waals surface area contributed by atoms with Crippen LogP contribution in [0.5, 0.6) is 0 Å². The molecule has 1 heterocycles. The summed E-state index contributed by atoms with van der Waals surface area (Å²) < 4.78 is 1.39. The van der Waals surface area contributed by atoms with E-state index in [1.165, 1.54) is 4.68 Å². The molecule has 1 unspecified atom stereocenters. The quantitative estimate of drug-likeness (QED) is 0.927. The molecule has 0 spiro atoms. The maximum Gasteiger partial charge on any atom is 0.271 e. The highest BCUT2D eigenvalue weighted by atomic mass is 16.1. The molecule has 0 aliphatic carbocycles. The van der Waals surface area contributed by atoms with Gasteiger partial charge >= 0.3 is 0 Å². The van der Waals surface area contributed by atoms with Gasteiger partial charge in [-0.15, -0.1) is 0 Å². The first-order chi connectivity index (χ1) is 10.1. The second kappa shape index (κ2) is 5.69. The van der Waals surface area contributed by atoms with Gasteiger partial charge in [0.25, 0.3) is 5.56 Å². The summed E-state index contributed by atoms with van der Waals surface area (Å²) in [5.74, 6) is 0.